The highest BCUT2D eigenvalue weighted by Crippen LogP contribution is 2.30. The summed E-state index contributed by atoms with van der Waals surface area (Å²) in [5.41, 5.74) is 3.29. The van der Waals surface area contributed by atoms with E-state index in [-0.39, 0.29) is 0 Å². The van der Waals surface area contributed by atoms with Crippen LogP contribution in [-0.4, -0.2) is 23.1 Å². The van der Waals surface area contributed by atoms with Crippen LogP contribution in [0.5, 0.6) is 5.75 Å². The average molecular weight is 381 g/mol. The van der Waals surface area contributed by atoms with Gasteiger partial charge in [0.05, 0.1) is 15.9 Å². The largest absolute Gasteiger partial charge is 0.493 e. The lowest BCUT2D eigenvalue weighted by molar-refractivity contribution is 0.357. The molecule has 0 amide bonds. The Labute approximate surface area is 132 Å². The lowest BCUT2D eigenvalue weighted by Crippen LogP contribution is -2.06. The number of aryl methyl sites for hydroxylation is 1. The van der Waals surface area contributed by atoms with Gasteiger partial charge < -0.3 is 10.1 Å². The summed E-state index contributed by atoms with van der Waals surface area (Å²) in [6.07, 6.45) is 0.965. The molecule has 4 nitrogen and oxygen atoms in total. The minimum Gasteiger partial charge on any atom is -0.493 e. The second-order valence-electron chi connectivity index (χ2n) is 4.75. The molecule has 104 valence electrons. The minimum atomic E-state index is 0.772. The molecule has 1 N–H and O–H groups in total. The monoisotopic (exact) mass is 381 g/mol. The van der Waals surface area contributed by atoms with Crippen LogP contribution in [0.15, 0.2) is 18.2 Å². The van der Waals surface area contributed by atoms with E-state index in [1.165, 1.54) is 5.56 Å². The van der Waals surface area contributed by atoms with E-state index in [1.807, 2.05) is 19.1 Å². The van der Waals surface area contributed by atoms with Crippen molar-refractivity contribution in [3.63, 3.8) is 0 Å². The quantitative estimate of drug-likeness (QED) is 0.828. The number of fused-ring (bicyclic) bond motifs is 1. The first-order chi connectivity index (χ1) is 9.69. The second kappa shape index (κ2) is 5.55. The number of halogens is 1. The van der Waals surface area contributed by atoms with Gasteiger partial charge in [-0.3, -0.25) is 0 Å². The fraction of sp³-hybridized carbons (Fsp3) is 0.333. The van der Waals surface area contributed by atoms with Gasteiger partial charge in [0.15, 0.2) is 5.82 Å². The number of aromatic nitrogens is 2. The van der Waals surface area contributed by atoms with Crippen molar-refractivity contribution in [2.75, 3.05) is 18.5 Å². The highest BCUT2D eigenvalue weighted by Gasteiger charge is 2.15. The van der Waals surface area contributed by atoms with E-state index >= 15 is 0 Å². The van der Waals surface area contributed by atoms with Crippen molar-refractivity contribution in [3.8, 4) is 17.1 Å². The third kappa shape index (κ3) is 2.46. The third-order valence-electron chi connectivity index (χ3n) is 3.31. The molecule has 0 saturated heterocycles. The van der Waals surface area contributed by atoms with Gasteiger partial charge >= 0.3 is 0 Å². The molecule has 0 bridgehead atoms. The molecule has 0 aliphatic carbocycles. The van der Waals surface area contributed by atoms with Gasteiger partial charge in [-0.25, -0.2) is 9.97 Å². The number of rotatable bonds is 3. The van der Waals surface area contributed by atoms with Gasteiger partial charge in [0, 0.05) is 18.5 Å². The van der Waals surface area contributed by atoms with Gasteiger partial charge in [0.25, 0.3) is 0 Å². The number of hydrogen-bond acceptors (Lipinski definition) is 4. The van der Waals surface area contributed by atoms with Gasteiger partial charge in [-0.05, 0) is 60.2 Å². The summed E-state index contributed by atoms with van der Waals surface area (Å²) in [5, 5.41) is 3.30. The van der Waals surface area contributed by atoms with Gasteiger partial charge in [-0.15, -0.1) is 0 Å². The predicted molar refractivity (Wildman–Crippen MR) is 88.3 cm³/mol. The normalized spacial score (nSPS) is 12.9. The maximum absolute atomic E-state index is 5.54. The van der Waals surface area contributed by atoms with E-state index in [1.54, 1.807) is 0 Å². The predicted octanol–water partition coefficient (Wildman–Crippen LogP) is 3.42. The molecule has 2 aromatic rings. The van der Waals surface area contributed by atoms with E-state index < -0.39 is 0 Å². The van der Waals surface area contributed by atoms with Crippen molar-refractivity contribution in [2.24, 2.45) is 0 Å². The number of benzene rings is 1. The molecule has 1 aliphatic rings. The Bertz CT molecular complexity index is 658. The van der Waals surface area contributed by atoms with Crippen molar-refractivity contribution in [2.45, 2.75) is 20.3 Å². The maximum atomic E-state index is 5.54. The van der Waals surface area contributed by atoms with E-state index in [0.717, 1.165) is 51.8 Å². The third-order valence-corrected chi connectivity index (χ3v) is 4.60. The summed E-state index contributed by atoms with van der Waals surface area (Å²) in [6.45, 7) is 5.71. The Kier molecular flexibility index (Phi) is 3.78. The lowest BCUT2D eigenvalue weighted by Gasteiger charge is -2.10. The first-order valence-corrected chi connectivity index (χ1v) is 7.81. The second-order valence-corrected chi connectivity index (χ2v) is 5.83. The van der Waals surface area contributed by atoms with Crippen LogP contribution >= 0.6 is 22.6 Å². The SMILES string of the molecule is CCNc1nc(-c2ccc3c(c2)CCO3)nc(C)c1I. The molecule has 20 heavy (non-hydrogen) atoms. The van der Waals surface area contributed by atoms with Crippen molar-refractivity contribution < 1.29 is 4.74 Å². The standard InChI is InChI=1S/C15H16IN3O/c1-3-17-15-13(16)9(2)18-14(19-15)11-4-5-12-10(8-11)6-7-20-12/h4-5,8H,3,6-7H2,1-2H3,(H,17,18,19). The van der Waals surface area contributed by atoms with Crippen LogP contribution in [0.25, 0.3) is 11.4 Å². The molecule has 0 fully saturated rings. The fourth-order valence-electron chi connectivity index (χ4n) is 2.30. The molecule has 0 saturated carbocycles. The smallest absolute Gasteiger partial charge is 0.161 e. The fourth-order valence-corrected chi connectivity index (χ4v) is 2.73. The average Bonchev–Trinajstić information content (AvgIpc) is 2.91. The number of nitrogens with zero attached hydrogens (tertiary/aromatic N) is 2. The van der Waals surface area contributed by atoms with Crippen LogP contribution in [-0.2, 0) is 6.42 Å². The Morgan fingerprint density at radius 2 is 2.20 bits per heavy atom. The van der Waals surface area contributed by atoms with Crippen molar-refractivity contribution in [3.05, 3.63) is 33.0 Å². The molecular formula is C15H16IN3O. The lowest BCUT2D eigenvalue weighted by atomic mass is 10.1. The first-order valence-electron chi connectivity index (χ1n) is 6.73. The molecular weight excluding hydrogens is 365 g/mol. The Balaban J connectivity index is 2.05. The molecule has 0 spiro atoms. The van der Waals surface area contributed by atoms with Gasteiger partial charge in [0.2, 0.25) is 0 Å². The van der Waals surface area contributed by atoms with Crippen LogP contribution in [0.2, 0.25) is 0 Å². The van der Waals surface area contributed by atoms with E-state index in [4.69, 9.17) is 4.74 Å². The molecule has 0 unspecified atom stereocenters. The molecule has 2 heterocycles. The Morgan fingerprint density at radius 3 is 3.00 bits per heavy atom. The molecule has 3 rings (SSSR count). The number of hydrogen-bond donors (Lipinski definition) is 1. The first kappa shape index (κ1) is 13.6. The van der Waals surface area contributed by atoms with Crippen LogP contribution in [0.3, 0.4) is 0 Å². The van der Waals surface area contributed by atoms with E-state index in [9.17, 15) is 0 Å². The summed E-state index contributed by atoms with van der Waals surface area (Å²) in [5.74, 6) is 2.67. The molecule has 1 aliphatic heterocycles. The summed E-state index contributed by atoms with van der Waals surface area (Å²) in [6, 6.07) is 6.18. The van der Waals surface area contributed by atoms with E-state index in [0.29, 0.717) is 0 Å². The highest BCUT2D eigenvalue weighted by molar-refractivity contribution is 14.1. The molecule has 0 radical (unpaired) electrons. The summed E-state index contributed by atoms with van der Waals surface area (Å²) in [7, 11) is 0. The Hall–Kier alpha value is -1.37. The van der Waals surface area contributed by atoms with Gasteiger partial charge in [0.1, 0.15) is 11.6 Å². The van der Waals surface area contributed by atoms with Crippen LogP contribution in [0.4, 0.5) is 5.82 Å². The Morgan fingerprint density at radius 1 is 1.35 bits per heavy atom. The van der Waals surface area contributed by atoms with Crippen LogP contribution in [0, 0.1) is 10.5 Å². The summed E-state index contributed by atoms with van der Waals surface area (Å²) in [4.78, 5) is 9.26. The molecule has 1 aromatic carbocycles. The molecule has 1 aromatic heterocycles. The molecule has 5 heteroatoms. The maximum Gasteiger partial charge on any atom is 0.161 e. The minimum absolute atomic E-state index is 0.772. The zero-order chi connectivity index (χ0) is 14.1. The van der Waals surface area contributed by atoms with Crippen LogP contribution in [0.1, 0.15) is 18.2 Å². The van der Waals surface area contributed by atoms with Gasteiger partial charge in [-0.1, -0.05) is 0 Å². The zero-order valence-electron chi connectivity index (χ0n) is 11.5. The zero-order valence-corrected chi connectivity index (χ0v) is 13.7. The topological polar surface area (TPSA) is 47.0 Å². The summed E-state index contributed by atoms with van der Waals surface area (Å²) < 4.78 is 6.62. The number of ether oxygens (including phenoxy) is 1. The van der Waals surface area contributed by atoms with Crippen molar-refractivity contribution in [1.82, 2.24) is 9.97 Å². The van der Waals surface area contributed by atoms with Crippen molar-refractivity contribution in [1.29, 1.82) is 0 Å². The van der Waals surface area contributed by atoms with Crippen LogP contribution < -0.4 is 10.1 Å². The van der Waals surface area contributed by atoms with Crippen molar-refractivity contribution >= 4 is 28.4 Å². The van der Waals surface area contributed by atoms with Gasteiger partial charge in [-0.2, -0.15) is 0 Å². The summed E-state index contributed by atoms with van der Waals surface area (Å²) >= 11 is 2.29. The number of nitrogens with one attached hydrogen (secondary N) is 1. The molecule has 0 atom stereocenters. The van der Waals surface area contributed by atoms with E-state index in [2.05, 4.69) is 50.9 Å². The highest BCUT2D eigenvalue weighted by atomic mass is 127. The number of anilines is 1.